The van der Waals surface area contributed by atoms with E-state index < -0.39 is 24.2 Å². The zero-order chi connectivity index (χ0) is 23.9. The fourth-order valence-corrected chi connectivity index (χ4v) is 4.81. The van der Waals surface area contributed by atoms with Gasteiger partial charge in [0, 0.05) is 31.6 Å². The second kappa shape index (κ2) is 11.3. The van der Waals surface area contributed by atoms with E-state index in [2.05, 4.69) is 0 Å². The summed E-state index contributed by atoms with van der Waals surface area (Å²) in [6, 6.07) is 9.50. The van der Waals surface area contributed by atoms with Crippen molar-refractivity contribution >= 4 is 11.8 Å². The number of allylic oxidation sites excluding steroid dienone is 2. The van der Waals surface area contributed by atoms with Crippen LogP contribution >= 0.6 is 0 Å². The maximum Gasteiger partial charge on any atom is 0.306 e. The highest BCUT2D eigenvalue weighted by Crippen LogP contribution is 2.49. The van der Waals surface area contributed by atoms with Gasteiger partial charge in [-0.3, -0.25) is 9.59 Å². The number of Topliss-reactive ketones (excluding diaryl/α,β-unsaturated/α-hetero) is 1. The molecule has 4 atom stereocenters. The van der Waals surface area contributed by atoms with Crippen molar-refractivity contribution in [2.75, 3.05) is 0 Å². The van der Waals surface area contributed by atoms with Crippen molar-refractivity contribution in [3.8, 4) is 0 Å². The van der Waals surface area contributed by atoms with E-state index in [1.165, 1.54) is 0 Å². The lowest BCUT2D eigenvalue weighted by Crippen LogP contribution is -2.55. The number of unbranched alkanes of at least 4 members (excludes halogenated alkanes) is 1. The number of halogens is 2. The van der Waals surface area contributed by atoms with Crippen molar-refractivity contribution in [1.29, 1.82) is 0 Å². The van der Waals surface area contributed by atoms with Crippen molar-refractivity contribution in [2.24, 2.45) is 11.8 Å². The van der Waals surface area contributed by atoms with Gasteiger partial charge in [0.1, 0.15) is 12.4 Å². The number of aliphatic hydroxyl groups is 1. The number of benzene rings is 1. The lowest BCUT2D eigenvalue weighted by molar-refractivity contribution is -0.356. The van der Waals surface area contributed by atoms with Crippen LogP contribution in [0.3, 0.4) is 0 Å². The number of carbonyl (C=O) groups excluding carboxylic acids is 2. The van der Waals surface area contributed by atoms with Gasteiger partial charge in [0.15, 0.2) is 0 Å². The van der Waals surface area contributed by atoms with Gasteiger partial charge >= 0.3 is 11.9 Å². The molecule has 1 aromatic carbocycles. The smallest absolute Gasteiger partial charge is 0.306 e. The molecular weight excluding hydrogens is 430 g/mol. The second-order valence-electron chi connectivity index (χ2n) is 9.12. The number of carbonyl (C=O) groups is 2. The van der Waals surface area contributed by atoms with E-state index in [1.54, 1.807) is 6.92 Å². The van der Waals surface area contributed by atoms with Crippen LogP contribution in [0.25, 0.3) is 0 Å². The van der Waals surface area contributed by atoms with Gasteiger partial charge in [-0.2, -0.15) is 0 Å². The number of ketones is 1. The minimum absolute atomic E-state index is 0.00203. The third-order valence-corrected chi connectivity index (χ3v) is 6.66. The molecule has 0 bridgehead atoms. The number of alkyl halides is 2. The molecule has 1 heterocycles. The van der Waals surface area contributed by atoms with Gasteiger partial charge in [-0.15, -0.1) is 0 Å². The molecule has 0 spiro atoms. The molecule has 1 N–H and O–H groups in total. The number of hydrogen-bond donors (Lipinski definition) is 1. The minimum Gasteiger partial charge on any atom is -0.461 e. The molecule has 0 radical (unpaired) electrons. The topological polar surface area (TPSA) is 72.8 Å². The van der Waals surface area contributed by atoms with Gasteiger partial charge < -0.3 is 14.6 Å². The van der Waals surface area contributed by atoms with E-state index in [0.717, 1.165) is 5.56 Å². The summed E-state index contributed by atoms with van der Waals surface area (Å²) >= 11 is 0. The molecule has 1 saturated carbocycles. The van der Waals surface area contributed by atoms with Gasteiger partial charge in [0.25, 0.3) is 0 Å². The van der Waals surface area contributed by atoms with Crippen LogP contribution in [0.1, 0.15) is 70.3 Å². The number of ether oxygens (including phenoxy) is 2. The fraction of sp³-hybridized carbons (Fsp3) is 0.615. The number of rotatable bonds is 11. The maximum atomic E-state index is 14.4. The Labute approximate surface area is 194 Å². The molecule has 1 aliphatic heterocycles. The quantitative estimate of drug-likeness (QED) is 0.271. The van der Waals surface area contributed by atoms with E-state index in [-0.39, 0.29) is 49.5 Å². The standard InChI is InChI=1S/C26H34F2O5/c1-2-15-25(27,28)26(31)16-14-21-20(22(29)17-23(21)33-26)12-8-3-4-9-13-24(30)32-18-19-10-6-5-7-11-19/h3,5-8,10-11,20-21,23,31H,2,4,9,12-18H2,1H3/b8-3-/t20-,21-,23-,26-/m1/s1. The Hall–Kier alpha value is -2.12. The summed E-state index contributed by atoms with van der Waals surface area (Å²) in [5.41, 5.74) is 0.949. The molecule has 1 aromatic rings. The first-order chi connectivity index (χ1) is 15.8. The summed E-state index contributed by atoms with van der Waals surface area (Å²) in [5, 5.41) is 10.4. The molecule has 3 rings (SSSR count). The van der Waals surface area contributed by atoms with E-state index in [4.69, 9.17) is 9.47 Å². The highest BCUT2D eigenvalue weighted by atomic mass is 19.3. The van der Waals surface area contributed by atoms with E-state index in [9.17, 15) is 23.5 Å². The Morgan fingerprint density at radius 3 is 2.79 bits per heavy atom. The Morgan fingerprint density at radius 1 is 1.30 bits per heavy atom. The second-order valence-corrected chi connectivity index (χ2v) is 9.12. The van der Waals surface area contributed by atoms with E-state index >= 15 is 0 Å². The molecule has 1 saturated heterocycles. The van der Waals surface area contributed by atoms with Crippen LogP contribution in [0.4, 0.5) is 8.78 Å². The van der Waals surface area contributed by atoms with Crippen LogP contribution in [0.2, 0.25) is 0 Å². The molecular formula is C26H34F2O5. The summed E-state index contributed by atoms with van der Waals surface area (Å²) in [5.74, 6) is -6.46. The van der Waals surface area contributed by atoms with E-state index in [0.29, 0.717) is 32.1 Å². The first kappa shape index (κ1) is 25.5. The summed E-state index contributed by atoms with van der Waals surface area (Å²) < 4.78 is 39.4. The molecule has 2 fully saturated rings. The van der Waals surface area contributed by atoms with Crippen molar-refractivity contribution in [3.05, 3.63) is 48.0 Å². The minimum atomic E-state index is -3.32. The average molecular weight is 465 g/mol. The first-order valence-corrected chi connectivity index (χ1v) is 11.9. The number of hydrogen-bond acceptors (Lipinski definition) is 5. The van der Waals surface area contributed by atoms with Gasteiger partial charge in [-0.05, 0) is 37.2 Å². The molecule has 0 amide bonds. The van der Waals surface area contributed by atoms with Crippen LogP contribution in [0.15, 0.2) is 42.5 Å². The largest absolute Gasteiger partial charge is 0.461 e. The molecule has 5 nitrogen and oxygen atoms in total. The summed E-state index contributed by atoms with van der Waals surface area (Å²) in [7, 11) is 0. The first-order valence-electron chi connectivity index (χ1n) is 11.9. The summed E-state index contributed by atoms with van der Waals surface area (Å²) in [6.07, 6.45) is 5.44. The molecule has 0 unspecified atom stereocenters. The Bertz CT molecular complexity index is 825. The SMILES string of the molecule is CCCC(F)(F)[C@@]1(O)CC[C@H]2[C@@H](CC(=O)[C@@H]2C/C=C\CCCC(=O)OCc2ccccc2)O1. The Balaban J connectivity index is 1.38. The zero-order valence-corrected chi connectivity index (χ0v) is 19.2. The van der Waals surface area contributed by atoms with Crippen LogP contribution in [-0.2, 0) is 25.7 Å². The monoisotopic (exact) mass is 464 g/mol. The van der Waals surface area contributed by atoms with Crippen LogP contribution in [0, 0.1) is 11.8 Å². The Kier molecular flexibility index (Phi) is 8.76. The molecule has 2 aliphatic rings. The lowest BCUT2D eigenvalue weighted by atomic mass is 9.82. The van der Waals surface area contributed by atoms with Gasteiger partial charge in [0.2, 0.25) is 5.79 Å². The van der Waals surface area contributed by atoms with Gasteiger partial charge in [0.05, 0.1) is 6.10 Å². The molecule has 0 aromatic heterocycles. The average Bonchev–Trinajstić information content (AvgIpc) is 3.09. The van der Waals surface area contributed by atoms with Crippen molar-refractivity contribution in [1.82, 2.24) is 0 Å². The zero-order valence-electron chi connectivity index (χ0n) is 19.2. The predicted octanol–water partition coefficient (Wildman–Crippen LogP) is 5.35. The molecule has 182 valence electrons. The maximum absolute atomic E-state index is 14.4. The Morgan fingerprint density at radius 2 is 2.06 bits per heavy atom. The van der Waals surface area contributed by atoms with Crippen LogP contribution < -0.4 is 0 Å². The third-order valence-electron chi connectivity index (χ3n) is 6.66. The highest BCUT2D eigenvalue weighted by Gasteiger charge is 2.59. The molecule has 33 heavy (non-hydrogen) atoms. The lowest BCUT2D eigenvalue weighted by Gasteiger charge is -2.43. The van der Waals surface area contributed by atoms with Gasteiger partial charge in [-0.25, -0.2) is 8.78 Å². The summed E-state index contributed by atoms with van der Waals surface area (Å²) in [4.78, 5) is 24.3. The van der Waals surface area contributed by atoms with Crippen molar-refractivity contribution in [2.45, 2.75) is 89.1 Å². The summed E-state index contributed by atoms with van der Waals surface area (Å²) in [6.45, 7) is 1.90. The van der Waals surface area contributed by atoms with E-state index in [1.807, 2.05) is 42.5 Å². The number of fused-ring (bicyclic) bond motifs is 1. The van der Waals surface area contributed by atoms with Crippen LogP contribution in [-0.4, -0.2) is 34.7 Å². The molecule has 7 heteroatoms. The molecule has 1 aliphatic carbocycles. The van der Waals surface area contributed by atoms with Gasteiger partial charge in [-0.1, -0.05) is 55.8 Å². The van der Waals surface area contributed by atoms with Crippen LogP contribution in [0.5, 0.6) is 0 Å². The highest BCUT2D eigenvalue weighted by molar-refractivity contribution is 5.84. The fourth-order valence-electron chi connectivity index (χ4n) is 4.81. The van der Waals surface area contributed by atoms with Crippen molar-refractivity contribution in [3.63, 3.8) is 0 Å². The number of esters is 1. The van der Waals surface area contributed by atoms with Crippen molar-refractivity contribution < 1.29 is 33.0 Å². The third kappa shape index (κ3) is 6.48. The predicted molar refractivity (Wildman–Crippen MR) is 119 cm³/mol. The normalized spacial score (nSPS) is 27.6.